The van der Waals surface area contributed by atoms with Gasteiger partial charge < -0.3 is 19.5 Å². The minimum absolute atomic E-state index is 0.235. The standard InChI is InChI=1S/C23H24N4O5/c1-3-31-22(28)15-26-23(29)27(16-17-6-5-11-24-13-17)18-9-10-21(25-14-18)32-20-8-4-7-19(12-20)30-2/h4-14H,3,15-16H2,1-2H3,(H,26,29). The van der Waals surface area contributed by atoms with Crippen LogP contribution >= 0.6 is 0 Å². The van der Waals surface area contributed by atoms with E-state index in [1.807, 2.05) is 18.2 Å². The Morgan fingerprint density at radius 3 is 2.59 bits per heavy atom. The fraction of sp³-hybridized carbons (Fsp3) is 0.217. The molecule has 3 rings (SSSR count). The van der Waals surface area contributed by atoms with E-state index in [-0.39, 0.29) is 19.7 Å². The summed E-state index contributed by atoms with van der Waals surface area (Å²) in [5, 5.41) is 2.57. The van der Waals surface area contributed by atoms with Crippen LogP contribution in [0.5, 0.6) is 17.4 Å². The number of aromatic nitrogens is 2. The Labute approximate surface area is 186 Å². The van der Waals surface area contributed by atoms with Gasteiger partial charge in [0.15, 0.2) is 0 Å². The maximum atomic E-state index is 12.8. The minimum Gasteiger partial charge on any atom is -0.497 e. The summed E-state index contributed by atoms with van der Waals surface area (Å²) >= 11 is 0. The van der Waals surface area contributed by atoms with Gasteiger partial charge in [-0.05, 0) is 36.8 Å². The predicted octanol–water partition coefficient (Wildman–Crippen LogP) is 3.56. The highest BCUT2D eigenvalue weighted by Crippen LogP contribution is 2.25. The number of nitrogens with zero attached hydrogens (tertiary/aromatic N) is 3. The van der Waals surface area contributed by atoms with Crippen LogP contribution in [-0.4, -0.2) is 42.2 Å². The topological polar surface area (TPSA) is 103 Å². The molecule has 9 heteroatoms. The van der Waals surface area contributed by atoms with Crippen molar-refractivity contribution in [3.63, 3.8) is 0 Å². The molecule has 0 aliphatic rings. The molecule has 0 fully saturated rings. The van der Waals surface area contributed by atoms with Gasteiger partial charge in [-0.25, -0.2) is 9.78 Å². The molecule has 3 aromatic rings. The zero-order valence-corrected chi connectivity index (χ0v) is 17.9. The molecule has 32 heavy (non-hydrogen) atoms. The van der Waals surface area contributed by atoms with E-state index in [1.165, 1.54) is 11.1 Å². The van der Waals surface area contributed by atoms with Crippen LogP contribution in [-0.2, 0) is 16.1 Å². The lowest BCUT2D eigenvalue weighted by molar-refractivity contribution is -0.141. The number of pyridine rings is 2. The quantitative estimate of drug-likeness (QED) is 0.512. The number of carbonyl (C=O) groups is 2. The maximum absolute atomic E-state index is 12.8. The molecule has 0 aliphatic carbocycles. The second-order valence-corrected chi connectivity index (χ2v) is 6.55. The first-order valence-corrected chi connectivity index (χ1v) is 9.97. The molecular formula is C23H24N4O5. The Balaban J connectivity index is 1.75. The molecule has 2 aromatic heterocycles. The van der Waals surface area contributed by atoms with Gasteiger partial charge in [-0.2, -0.15) is 0 Å². The lowest BCUT2D eigenvalue weighted by atomic mass is 10.2. The number of esters is 1. The van der Waals surface area contributed by atoms with Gasteiger partial charge in [-0.3, -0.25) is 14.7 Å². The van der Waals surface area contributed by atoms with Gasteiger partial charge in [0.1, 0.15) is 18.0 Å². The summed E-state index contributed by atoms with van der Waals surface area (Å²) < 4.78 is 15.8. The van der Waals surface area contributed by atoms with Crippen LogP contribution in [0, 0.1) is 0 Å². The number of carbonyl (C=O) groups excluding carboxylic acids is 2. The van der Waals surface area contributed by atoms with E-state index in [0.29, 0.717) is 23.1 Å². The van der Waals surface area contributed by atoms with Gasteiger partial charge in [0, 0.05) is 24.5 Å². The van der Waals surface area contributed by atoms with Crippen molar-refractivity contribution in [2.75, 3.05) is 25.2 Å². The second-order valence-electron chi connectivity index (χ2n) is 6.55. The highest BCUT2D eigenvalue weighted by Gasteiger charge is 2.18. The van der Waals surface area contributed by atoms with Gasteiger partial charge in [-0.1, -0.05) is 12.1 Å². The predicted molar refractivity (Wildman–Crippen MR) is 118 cm³/mol. The van der Waals surface area contributed by atoms with E-state index < -0.39 is 12.0 Å². The maximum Gasteiger partial charge on any atom is 0.325 e. The molecule has 9 nitrogen and oxygen atoms in total. The fourth-order valence-corrected chi connectivity index (χ4v) is 2.79. The van der Waals surface area contributed by atoms with E-state index in [0.717, 1.165) is 5.56 Å². The Hall–Kier alpha value is -4.14. The van der Waals surface area contributed by atoms with Crippen molar-refractivity contribution in [1.29, 1.82) is 0 Å². The number of methoxy groups -OCH3 is 1. The number of rotatable bonds is 9. The van der Waals surface area contributed by atoms with E-state index >= 15 is 0 Å². The summed E-state index contributed by atoms with van der Waals surface area (Å²) in [5.74, 6) is 1.08. The number of amides is 2. The summed E-state index contributed by atoms with van der Waals surface area (Å²) in [4.78, 5) is 34.3. The number of benzene rings is 1. The molecule has 0 saturated carbocycles. The first-order valence-electron chi connectivity index (χ1n) is 9.97. The zero-order chi connectivity index (χ0) is 22.8. The van der Waals surface area contributed by atoms with Crippen LogP contribution in [0.25, 0.3) is 0 Å². The summed E-state index contributed by atoms with van der Waals surface area (Å²) in [6, 6.07) is 13.7. The molecule has 0 unspecified atom stereocenters. The van der Waals surface area contributed by atoms with Crippen LogP contribution in [0.3, 0.4) is 0 Å². The average Bonchev–Trinajstić information content (AvgIpc) is 2.82. The van der Waals surface area contributed by atoms with Crippen LogP contribution in [0.1, 0.15) is 12.5 Å². The molecule has 166 valence electrons. The summed E-state index contributed by atoms with van der Waals surface area (Å²) in [6.45, 7) is 1.95. The molecule has 0 aliphatic heterocycles. The van der Waals surface area contributed by atoms with Crippen molar-refractivity contribution < 1.29 is 23.8 Å². The third-order valence-corrected chi connectivity index (χ3v) is 4.29. The van der Waals surface area contributed by atoms with Crippen LogP contribution in [0.2, 0.25) is 0 Å². The molecule has 0 atom stereocenters. The number of ether oxygens (including phenoxy) is 3. The van der Waals surface area contributed by atoms with E-state index in [1.54, 1.807) is 56.8 Å². The number of hydrogen-bond donors (Lipinski definition) is 1. The first-order chi connectivity index (χ1) is 15.6. The van der Waals surface area contributed by atoms with Crippen molar-refractivity contribution in [1.82, 2.24) is 15.3 Å². The number of hydrogen-bond acceptors (Lipinski definition) is 7. The van der Waals surface area contributed by atoms with Gasteiger partial charge in [0.25, 0.3) is 0 Å². The number of urea groups is 1. The lowest BCUT2D eigenvalue weighted by Crippen LogP contribution is -2.42. The van der Waals surface area contributed by atoms with Crippen molar-refractivity contribution >= 4 is 17.7 Å². The Morgan fingerprint density at radius 1 is 1.06 bits per heavy atom. The summed E-state index contributed by atoms with van der Waals surface area (Å²) in [6.07, 6.45) is 4.84. The molecule has 0 radical (unpaired) electrons. The summed E-state index contributed by atoms with van der Waals surface area (Å²) in [5.41, 5.74) is 1.34. The zero-order valence-electron chi connectivity index (χ0n) is 17.9. The third kappa shape index (κ3) is 6.43. The smallest absolute Gasteiger partial charge is 0.325 e. The van der Waals surface area contributed by atoms with E-state index in [4.69, 9.17) is 14.2 Å². The SMILES string of the molecule is CCOC(=O)CNC(=O)N(Cc1cccnc1)c1ccc(Oc2cccc(OC)c2)nc1. The molecule has 2 heterocycles. The summed E-state index contributed by atoms with van der Waals surface area (Å²) in [7, 11) is 1.58. The third-order valence-electron chi connectivity index (χ3n) is 4.29. The van der Waals surface area contributed by atoms with E-state index in [9.17, 15) is 9.59 Å². The minimum atomic E-state index is -0.512. The average molecular weight is 436 g/mol. The number of anilines is 1. The molecule has 1 aromatic carbocycles. The van der Waals surface area contributed by atoms with Crippen molar-refractivity contribution in [3.8, 4) is 17.4 Å². The molecule has 0 spiro atoms. The molecular weight excluding hydrogens is 412 g/mol. The van der Waals surface area contributed by atoms with E-state index in [2.05, 4.69) is 15.3 Å². The van der Waals surface area contributed by atoms with Gasteiger partial charge in [-0.15, -0.1) is 0 Å². The van der Waals surface area contributed by atoms with Crippen molar-refractivity contribution in [2.24, 2.45) is 0 Å². The Kier molecular flexibility index (Phi) is 7.96. The molecule has 1 N–H and O–H groups in total. The molecule has 2 amide bonds. The van der Waals surface area contributed by atoms with Gasteiger partial charge >= 0.3 is 12.0 Å². The van der Waals surface area contributed by atoms with Gasteiger partial charge in [0.05, 0.1) is 32.1 Å². The highest BCUT2D eigenvalue weighted by atomic mass is 16.5. The highest BCUT2D eigenvalue weighted by molar-refractivity contribution is 5.93. The van der Waals surface area contributed by atoms with Crippen molar-refractivity contribution in [3.05, 3.63) is 72.7 Å². The van der Waals surface area contributed by atoms with Crippen LogP contribution < -0.4 is 19.7 Å². The molecule has 0 saturated heterocycles. The molecule has 0 bridgehead atoms. The first kappa shape index (κ1) is 22.5. The Bertz CT molecular complexity index is 1030. The lowest BCUT2D eigenvalue weighted by Gasteiger charge is -2.23. The van der Waals surface area contributed by atoms with Gasteiger partial charge in [0.2, 0.25) is 5.88 Å². The monoisotopic (exact) mass is 436 g/mol. The number of nitrogens with one attached hydrogen (secondary N) is 1. The fourth-order valence-electron chi connectivity index (χ4n) is 2.79. The largest absolute Gasteiger partial charge is 0.497 e. The Morgan fingerprint density at radius 2 is 1.91 bits per heavy atom. The van der Waals surface area contributed by atoms with Crippen molar-refractivity contribution in [2.45, 2.75) is 13.5 Å². The van der Waals surface area contributed by atoms with Crippen LogP contribution in [0.4, 0.5) is 10.5 Å². The van der Waals surface area contributed by atoms with Crippen LogP contribution in [0.15, 0.2) is 67.1 Å². The normalized spacial score (nSPS) is 10.2. The second kappa shape index (κ2) is 11.3.